The molecule has 0 saturated heterocycles. The fourth-order valence-electron chi connectivity index (χ4n) is 1.84. The molecule has 104 valence electrons. The van der Waals surface area contributed by atoms with Gasteiger partial charge in [-0.15, -0.1) is 0 Å². The number of halogens is 3. The van der Waals surface area contributed by atoms with Gasteiger partial charge in [0.25, 0.3) is 5.91 Å². The van der Waals surface area contributed by atoms with E-state index >= 15 is 0 Å². The molecule has 0 unspecified atom stereocenters. The predicted octanol–water partition coefficient (Wildman–Crippen LogP) is 5.11. The molecule has 0 aliphatic carbocycles. The van der Waals surface area contributed by atoms with Gasteiger partial charge in [0.15, 0.2) is 0 Å². The smallest absolute Gasteiger partial charge is 0.255 e. The molecule has 2 rings (SSSR count). The Bertz CT molecular complexity index is 668. The number of hydrogen-bond donors (Lipinski definition) is 1. The van der Waals surface area contributed by atoms with Crippen LogP contribution in [0.15, 0.2) is 34.8 Å². The Labute approximate surface area is 130 Å². The Morgan fingerprint density at radius 2 is 1.90 bits per heavy atom. The third-order valence-electron chi connectivity index (χ3n) is 2.82. The number of amides is 1. The Morgan fingerprint density at radius 3 is 2.55 bits per heavy atom. The van der Waals surface area contributed by atoms with E-state index in [2.05, 4.69) is 21.2 Å². The van der Waals surface area contributed by atoms with Crippen molar-refractivity contribution in [3.05, 3.63) is 62.3 Å². The first-order valence-corrected chi connectivity index (χ1v) is 7.08. The first-order chi connectivity index (χ1) is 9.36. The van der Waals surface area contributed by atoms with Crippen LogP contribution in [0.4, 0.5) is 10.1 Å². The Hall–Kier alpha value is -1.39. The van der Waals surface area contributed by atoms with E-state index in [0.717, 1.165) is 11.1 Å². The minimum absolute atomic E-state index is 0.319. The molecule has 0 bridgehead atoms. The molecule has 5 heteroatoms. The van der Waals surface area contributed by atoms with Crippen LogP contribution in [0.3, 0.4) is 0 Å². The summed E-state index contributed by atoms with van der Waals surface area (Å²) in [5.41, 5.74) is 2.54. The number of nitrogens with one attached hydrogen (secondary N) is 1. The Kier molecular flexibility index (Phi) is 4.45. The van der Waals surface area contributed by atoms with Gasteiger partial charge in [0.1, 0.15) is 5.82 Å². The average Bonchev–Trinajstić information content (AvgIpc) is 2.34. The summed E-state index contributed by atoms with van der Waals surface area (Å²) in [6, 6.07) is 7.98. The van der Waals surface area contributed by atoms with Crippen molar-refractivity contribution < 1.29 is 9.18 Å². The molecule has 0 radical (unpaired) electrons. The van der Waals surface area contributed by atoms with Crippen LogP contribution < -0.4 is 5.32 Å². The topological polar surface area (TPSA) is 29.1 Å². The summed E-state index contributed by atoms with van der Waals surface area (Å²) in [7, 11) is 0. The number of carbonyl (C=O) groups excluding carboxylic acids is 1. The zero-order chi connectivity index (χ0) is 14.9. The van der Waals surface area contributed by atoms with Crippen molar-refractivity contribution in [1.82, 2.24) is 0 Å². The Balaban J connectivity index is 2.30. The van der Waals surface area contributed by atoms with Crippen LogP contribution in [0.2, 0.25) is 5.02 Å². The molecular weight excluding hydrogens is 345 g/mol. The highest BCUT2D eigenvalue weighted by Crippen LogP contribution is 2.24. The van der Waals surface area contributed by atoms with Crippen molar-refractivity contribution in [3.63, 3.8) is 0 Å². The van der Waals surface area contributed by atoms with Gasteiger partial charge in [0.05, 0.1) is 4.47 Å². The number of benzene rings is 2. The average molecular weight is 357 g/mol. The van der Waals surface area contributed by atoms with Crippen molar-refractivity contribution in [2.75, 3.05) is 5.32 Å². The van der Waals surface area contributed by atoms with E-state index in [0.29, 0.717) is 20.7 Å². The molecule has 2 aromatic rings. The SMILES string of the molecule is Cc1cc(Cl)cc(C(=O)Nc2cc(F)c(Br)cc2C)c1. The summed E-state index contributed by atoms with van der Waals surface area (Å²) in [6.45, 7) is 3.65. The van der Waals surface area contributed by atoms with Gasteiger partial charge in [-0.05, 0) is 71.2 Å². The summed E-state index contributed by atoms with van der Waals surface area (Å²) in [4.78, 5) is 12.2. The van der Waals surface area contributed by atoms with Crippen molar-refractivity contribution in [1.29, 1.82) is 0 Å². The quantitative estimate of drug-likeness (QED) is 0.796. The molecule has 2 nitrogen and oxygen atoms in total. The van der Waals surface area contributed by atoms with Gasteiger partial charge in [-0.2, -0.15) is 0 Å². The molecule has 0 aliphatic rings. The Morgan fingerprint density at radius 1 is 1.20 bits per heavy atom. The molecule has 1 amide bonds. The lowest BCUT2D eigenvalue weighted by Crippen LogP contribution is -2.13. The molecule has 0 aliphatic heterocycles. The molecular formula is C15H12BrClFNO. The predicted molar refractivity (Wildman–Crippen MR) is 83.0 cm³/mol. The second-order valence-electron chi connectivity index (χ2n) is 4.55. The molecule has 0 spiro atoms. The van der Waals surface area contributed by atoms with Crippen LogP contribution in [0.25, 0.3) is 0 Å². The maximum atomic E-state index is 13.5. The highest BCUT2D eigenvalue weighted by molar-refractivity contribution is 9.10. The van der Waals surface area contributed by atoms with Crippen LogP contribution in [-0.4, -0.2) is 5.91 Å². The highest BCUT2D eigenvalue weighted by Gasteiger charge is 2.11. The van der Waals surface area contributed by atoms with Crippen LogP contribution in [0.1, 0.15) is 21.5 Å². The van der Waals surface area contributed by atoms with Crippen LogP contribution >= 0.6 is 27.5 Å². The molecule has 0 fully saturated rings. The van der Waals surface area contributed by atoms with Crippen LogP contribution in [-0.2, 0) is 0 Å². The summed E-state index contributed by atoms with van der Waals surface area (Å²) < 4.78 is 13.9. The number of carbonyl (C=O) groups is 1. The second-order valence-corrected chi connectivity index (χ2v) is 5.84. The second kappa shape index (κ2) is 5.94. The van der Waals surface area contributed by atoms with Crippen LogP contribution in [0, 0.1) is 19.7 Å². The molecule has 0 saturated carbocycles. The van der Waals surface area contributed by atoms with E-state index in [1.54, 1.807) is 31.2 Å². The van der Waals surface area contributed by atoms with Gasteiger partial charge in [-0.1, -0.05) is 11.6 Å². The van der Waals surface area contributed by atoms with E-state index in [4.69, 9.17) is 11.6 Å². The van der Waals surface area contributed by atoms with E-state index < -0.39 is 5.82 Å². The van der Waals surface area contributed by atoms with Crippen molar-refractivity contribution in [2.24, 2.45) is 0 Å². The minimum atomic E-state index is -0.423. The fourth-order valence-corrected chi connectivity index (χ4v) is 2.59. The molecule has 20 heavy (non-hydrogen) atoms. The van der Waals surface area contributed by atoms with E-state index in [9.17, 15) is 9.18 Å². The van der Waals surface area contributed by atoms with E-state index in [1.807, 2.05) is 6.92 Å². The number of hydrogen-bond acceptors (Lipinski definition) is 1. The van der Waals surface area contributed by atoms with Gasteiger partial charge in [-0.3, -0.25) is 4.79 Å². The lowest BCUT2D eigenvalue weighted by Gasteiger charge is -2.10. The lowest BCUT2D eigenvalue weighted by molar-refractivity contribution is 0.102. The van der Waals surface area contributed by atoms with Gasteiger partial charge in [-0.25, -0.2) is 4.39 Å². The largest absolute Gasteiger partial charge is 0.322 e. The maximum Gasteiger partial charge on any atom is 0.255 e. The van der Waals surface area contributed by atoms with Crippen molar-refractivity contribution in [3.8, 4) is 0 Å². The standard InChI is InChI=1S/C15H12BrClFNO/c1-8-3-10(6-11(17)4-8)15(20)19-14-7-13(18)12(16)5-9(14)2/h3-7H,1-2H3,(H,19,20). The monoisotopic (exact) mass is 355 g/mol. The van der Waals surface area contributed by atoms with Gasteiger partial charge < -0.3 is 5.32 Å². The van der Waals surface area contributed by atoms with Gasteiger partial charge >= 0.3 is 0 Å². The van der Waals surface area contributed by atoms with E-state index in [-0.39, 0.29) is 5.91 Å². The first-order valence-electron chi connectivity index (χ1n) is 5.91. The third-order valence-corrected chi connectivity index (χ3v) is 3.65. The normalized spacial score (nSPS) is 10.4. The molecule has 0 atom stereocenters. The molecule has 2 aromatic carbocycles. The summed E-state index contributed by atoms with van der Waals surface area (Å²) in [5.74, 6) is -0.742. The maximum absolute atomic E-state index is 13.5. The summed E-state index contributed by atoms with van der Waals surface area (Å²) in [5, 5.41) is 3.18. The molecule has 0 heterocycles. The number of anilines is 1. The third kappa shape index (κ3) is 3.38. The highest BCUT2D eigenvalue weighted by atomic mass is 79.9. The van der Waals surface area contributed by atoms with Crippen LogP contribution in [0.5, 0.6) is 0 Å². The first kappa shape index (κ1) is 15.0. The van der Waals surface area contributed by atoms with Crippen molar-refractivity contribution in [2.45, 2.75) is 13.8 Å². The summed E-state index contributed by atoms with van der Waals surface area (Å²) in [6.07, 6.45) is 0. The van der Waals surface area contributed by atoms with Gasteiger partial charge in [0, 0.05) is 16.3 Å². The zero-order valence-electron chi connectivity index (χ0n) is 10.9. The fraction of sp³-hybridized carbons (Fsp3) is 0.133. The molecule has 1 N–H and O–H groups in total. The summed E-state index contributed by atoms with van der Waals surface area (Å²) >= 11 is 9.03. The minimum Gasteiger partial charge on any atom is -0.322 e. The lowest BCUT2D eigenvalue weighted by atomic mass is 10.1. The van der Waals surface area contributed by atoms with E-state index in [1.165, 1.54) is 6.07 Å². The number of aryl methyl sites for hydroxylation is 2. The number of rotatable bonds is 2. The molecule has 0 aromatic heterocycles. The zero-order valence-corrected chi connectivity index (χ0v) is 13.3. The van der Waals surface area contributed by atoms with Crippen molar-refractivity contribution >= 4 is 39.1 Å². The van der Waals surface area contributed by atoms with Gasteiger partial charge in [0.2, 0.25) is 0 Å².